The molecule has 0 atom stereocenters. The maximum absolute atomic E-state index is 12.6. The van der Waals surface area contributed by atoms with Crippen LogP contribution in [-0.4, -0.2) is 34.6 Å². The first-order valence-corrected chi connectivity index (χ1v) is 9.16. The highest BCUT2D eigenvalue weighted by Gasteiger charge is 2.15. The minimum Gasteiger partial charge on any atom is -0.459 e. The van der Waals surface area contributed by atoms with Crippen molar-refractivity contribution in [2.45, 2.75) is 18.2 Å². The van der Waals surface area contributed by atoms with E-state index >= 15 is 0 Å². The van der Waals surface area contributed by atoms with Gasteiger partial charge in [-0.1, -0.05) is 11.8 Å². The fraction of sp³-hybridized carbons (Fsp3) is 0.312. The summed E-state index contributed by atoms with van der Waals surface area (Å²) in [6.45, 7) is 0.290. The van der Waals surface area contributed by atoms with Crippen LogP contribution in [0, 0.1) is 0 Å². The number of thioether (sulfide) groups is 1. The number of rotatable bonds is 6. The van der Waals surface area contributed by atoms with Crippen LogP contribution in [0.1, 0.15) is 6.42 Å². The number of aromatic nitrogens is 6. The zero-order chi connectivity index (χ0) is 19.0. The lowest BCUT2D eigenvalue weighted by Gasteiger charge is -2.08. The summed E-state index contributed by atoms with van der Waals surface area (Å²) in [5.74, 6) is 1.43. The van der Waals surface area contributed by atoms with Gasteiger partial charge in [-0.2, -0.15) is 0 Å². The lowest BCUT2D eigenvalue weighted by Crippen LogP contribution is -2.39. The number of aryl methyl sites for hydroxylation is 2. The van der Waals surface area contributed by atoms with E-state index in [2.05, 4.69) is 15.2 Å². The molecule has 0 spiro atoms. The summed E-state index contributed by atoms with van der Waals surface area (Å²) in [5, 5.41) is 8.28. The molecule has 0 saturated carbocycles. The molecule has 0 radical (unpaired) electrons. The predicted molar refractivity (Wildman–Crippen MR) is 97.6 cm³/mol. The zero-order valence-electron chi connectivity index (χ0n) is 14.7. The monoisotopic (exact) mass is 388 g/mol. The van der Waals surface area contributed by atoms with Gasteiger partial charge in [0.25, 0.3) is 16.7 Å². The van der Waals surface area contributed by atoms with Crippen molar-refractivity contribution in [1.29, 1.82) is 0 Å². The van der Waals surface area contributed by atoms with Crippen LogP contribution in [0.5, 0.6) is 0 Å². The molecule has 0 saturated heterocycles. The van der Waals surface area contributed by atoms with E-state index in [-0.39, 0.29) is 11.2 Å². The molecule has 10 nitrogen and oxygen atoms in total. The standard InChI is InChI=1S/C16H16N6O4S/c1-20-9-17-12-11(20)14(23)22(16(24)21(12)2)6-4-8-27-15-19-18-13(26-15)10-5-3-7-25-10/h3,5,7,9H,4,6,8H2,1-2H3. The van der Waals surface area contributed by atoms with Crippen LogP contribution < -0.4 is 11.2 Å². The van der Waals surface area contributed by atoms with E-state index in [1.165, 1.54) is 33.5 Å². The molecular formula is C16H16N6O4S. The Bertz CT molecular complexity index is 1200. The minimum atomic E-state index is -0.380. The summed E-state index contributed by atoms with van der Waals surface area (Å²) >= 11 is 1.36. The molecule has 0 N–H and O–H groups in total. The van der Waals surface area contributed by atoms with Crippen LogP contribution in [-0.2, 0) is 20.6 Å². The average Bonchev–Trinajstić information content (AvgIpc) is 3.39. The van der Waals surface area contributed by atoms with E-state index in [1.54, 1.807) is 30.8 Å². The number of furan rings is 1. The molecule has 0 aromatic carbocycles. The molecule has 0 unspecified atom stereocenters. The molecule has 4 rings (SSSR count). The first-order valence-electron chi connectivity index (χ1n) is 8.17. The third-order valence-electron chi connectivity index (χ3n) is 4.09. The third-order valence-corrected chi connectivity index (χ3v) is 5.00. The molecule has 0 aliphatic carbocycles. The molecule has 0 bridgehead atoms. The third kappa shape index (κ3) is 3.10. The summed E-state index contributed by atoms with van der Waals surface area (Å²) < 4.78 is 15.0. The van der Waals surface area contributed by atoms with Gasteiger partial charge in [0.2, 0.25) is 0 Å². The van der Waals surface area contributed by atoms with Crippen molar-refractivity contribution in [3.63, 3.8) is 0 Å². The Morgan fingerprint density at radius 3 is 2.85 bits per heavy atom. The van der Waals surface area contributed by atoms with Crippen molar-refractivity contribution in [3.05, 3.63) is 45.6 Å². The topological polar surface area (TPSA) is 114 Å². The molecule has 0 amide bonds. The van der Waals surface area contributed by atoms with Crippen molar-refractivity contribution in [2.24, 2.45) is 14.1 Å². The van der Waals surface area contributed by atoms with E-state index < -0.39 is 0 Å². The fourth-order valence-electron chi connectivity index (χ4n) is 2.74. The van der Waals surface area contributed by atoms with Gasteiger partial charge in [0.15, 0.2) is 16.9 Å². The molecule has 27 heavy (non-hydrogen) atoms. The highest BCUT2D eigenvalue weighted by atomic mass is 32.2. The Morgan fingerprint density at radius 1 is 1.22 bits per heavy atom. The van der Waals surface area contributed by atoms with E-state index in [0.717, 1.165) is 0 Å². The molecular weight excluding hydrogens is 372 g/mol. The number of imidazole rings is 1. The molecule has 0 fully saturated rings. The molecule has 11 heteroatoms. The Hall–Kier alpha value is -3.08. The molecule has 4 heterocycles. The number of hydrogen-bond donors (Lipinski definition) is 0. The van der Waals surface area contributed by atoms with Crippen molar-refractivity contribution in [2.75, 3.05) is 5.75 Å². The average molecular weight is 388 g/mol. The van der Waals surface area contributed by atoms with Crippen LogP contribution in [0.4, 0.5) is 0 Å². The van der Waals surface area contributed by atoms with Crippen LogP contribution >= 0.6 is 11.8 Å². The van der Waals surface area contributed by atoms with Crippen LogP contribution in [0.3, 0.4) is 0 Å². The van der Waals surface area contributed by atoms with Crippen LogP contribution in [0.2, 0.25) is 0 Å². The maximum atomic E-state index is 12.6. The molecule has 4 aromatic heterocycles. The molecule has 140 valence electrons. The van der Waals surface area contributed by atoms with Crippen molar-refractivity contribution >= 4 is 22.9 Å². The first kappa shape index (κ1) is 17.3. The highest BCUT2D eigenvalue weighted by Crippen LogP contribution is 2.23. The first-order chi connectivity index (χ1) is 13.1. The van der Waals surface area contributed by atoms with Crippen molar-refractivity contribution in [3.8, 4) is 11.7 Å². The van der Waals surface area contributed by atoms with Gasteiger partial charge in [-0.3, -0.25) is 13.9 Å². The summed E-state index contributed by atoms with van der Waals surface area (Å²) in [7, 11) is 3.34. The Morgan fingerprint density at radius 2 is 2.07 bits per heavy atom. The van der Waals surface area contributed by atoms with Gasteiger partial charge in [-0.25, -0.2) is 9.78 Å². The molecule has 0 aliphatic rings. The van der Waals surface area contributed by atoms with Crippen LogP contribution in [0.15, 0.2) is 48.4 Å². The summed E-state index contributed by atoms with van der Waals surface area (Å²) in [4.78, 5) is 29.2. The quantitative estimate of drug-likeness (QED) is 0.358. The minimum absolute atomic E-state index is 0.290. The fourth-order valence-corrected chi connectivity index (χ4v) is 3.43. The lowest BCUT2D eigenvalue weighted by atomic mass is 10.4. The Kier molecular flexibility index (Phi) is 4.44. The number of fused-ring (bicyclic) bond motifs is 1. The normalized spacial score (nSPS) is 11.5. The second-order valence-electron chi connectivity index (χ2n) is 5.88. The second-order valence-corrected chi connectivity index (χ2v) is 6.92. The van der Waals surface area contributed by atoms with E-state index in [1.807, 2.05) is 0 Å². The molecule has 4 aromatic rings. The largest absolute Gasteiger partial charge is 0.459 e. The number of hydrogen-bond acceptors (Lipinski definition) is 8. The highest BCUT2D eigenvalue weighted by molar-refractivity contribution is 7.99. The van der Waals surface area contributed by atoms with Gasteiger partial charge in [-0.15, -0.1) is 10.2 Å². The van der Waals surface area contributed by atoms with Gasteiger partial charge >= 0.3 is 5.69 Å². The Balaban J connectivity index is 1.45. The maximum Gasteiger partial charge on any atom is 0.332 e. The summed E-state index contributed by atoms with van der Waals surface area (Å²) in [5.41, 5.74) is 0.0734. The van der Waals surface area contributed by atoms with Crippen molar-refractivity contribution in [1.82, 2.24) is 28.9 Å². The van der Waals surface area contributed by atoms with E-state index in [4.69, 9.17) is 8.83 Å². The van der Waals surface area contributed by atoms with Gasteiger partial charge in [0, 0.05) is 26.4 Å². The van der Waals surface area contributed by atoms with Gasteiger partial charge in [-0.05, 0) is 18.6 Å². The molecule has 0 aliphatic heterocycles. The zero-order valence-corrected chi connectivity index (χ0v) is 15.5. The smallest absolute Gasteiger partial charge is 0.332 e. The van der Waals surface area contributed by atoms with Gasteiger partial charge < -0.3 is 13.4 Å². The predicted octanol–water partition coefficient (Wildman–Crippen LogP) is 1.26. The van der Waals surface area contributed by atoms with E-state index in [0.29, 0.717) is 46.8 Å². The summed E-state index contributed by atoms with van der Waals surface area (Å²) in [6.07, 6.45) is 3.64. The van der Waals surface area contributed by atoms with Gasteiger partial charge in [0.1, 0.15) is 0 Å². The van der Waals surface area contributed by atoms with E-state index in [9.17, 15) is 9.59 Å². The second kappa shape index (κ2) is 6.91. The van der Waals surface area contributed by atoms with Gasteiger partial charge in [0.05, 0.1) is 12.6 Å². The van der Waals surface area contributed by atoms with Crippen molar-refractivity contribution < 1.29 is 8.83 Å². The number of nitrogens with zero attached hydrogens (tertiary/aromatic N) is 6. The summed E-state index contributed by atoms with van der Waals surface area (Å²) in [6, 6.07) is 3.47. The lowest BCUT2D eigenvalue weighted by molar-refractivity contribution is 0.447. The van der Waals surface area contributed by atoms with Crippen LogP contribution in [0.25, 0.3) is 22.8 Å². The SMILES string of the molecule is Cn1cnc2c1c(=O)n(CCCSc1nnc(-c3ccco3)o1)c(=O)n2C. The Labute approximate surface area is 156 Å².